The molecule has 0 aliphatic rings. The first-order chi connectivity index (χ1) is 12.5. The third-order valence-electron chi connectivity index (χ3n) is 3.58. The zero-order valence-corrected chi connectivity index (χ0v) is 15.4. The molecule has 1 amide bonds. The van der Waals surface area contributed by atoms with Crippen LogP contribution in [0.4, 0.5) is 0 Å². The first-order valence-corrected chi connectivity index (χ1v) is 8.77. The summed E-state index contributed by atoms with van der Waals surface area (Å²) in [6, 6.07) is 14.9. The Morgan fingerprint density at radius 1 is 1.04 bits per heavy atom. The fourth-order valence-corrected chi connectivity index (χ4v) is 2.24. The minimum Gasteiger partial charge on any atom is -0.494 e. The van der Waals surface area contributed by atoms with Gasteiger partial charge >= 0.3 is 5.97 Å². The summed E-state index contributed by atoms with van der Waals surface area (Å²) < 4.78 is 10.5. The van der Waals surface area contributed by atoms with Crippen molar-refractivity contribution in [3.63, 3.8) is 0 Å². The maximum atomic E-state index is 11.7. The third kappa shape index (κ3) is 7.57. The standard InChI is InChI=1S/C20H22ClNO4/c1-15-4-10-18(11-5-15)25-12-2-3-20(24)26-14-19(23)22-13-16-6-8-17(21)9-7-16/h4-11H,2-3,12-14H2,1H3,(H,22,23). The highest BCUT2D eigenvalue weighted by atomic mass is 35.5. The molecular weight excluding hydrogens is 354 g/mol. The summed E-state index contributed by atoms with van der Waals surface area (Å²) in [7, 11) is 0. The summed E-state index contributed by atoms with van der Waals surface area (Å²) in [5, 5.41) is 3.32. The van der Waals surface area contributed by atoms with Crippen LogP contribution >= 0.6 is 11.6 Å². The van der Waals surface area contributed by atoms with Gasteiger partial charge in [0.25, 0.3) is 5.91 Å². The Morgan fingerprint density at radius 3 is 2.42 bits per heavy atom. The van der Waals surface area contributed by atoms with Crippen LogP contribution in [0.15, 0.2) is 48.5 Å². The highest BCUT2D eigenvalue weighted by Gasteiger charge is 2.07. The summed E-state index contributed by atoms with van der Waals surface area (Å²) in [5.74, 6) is 0.00824. The average Bonchev–Trinajstić information content (AvgIpc) is 2.64. The Morgan fingerprint density at radius 2 is 1.73 bits per heavy atom. The van der Waals surface area contributed by atoms with Crippen LogP contribution in [0.2, 0.25) is 5.02 Å². The van der Waals surface area contributed by atoms with Gasteiger partial charge in [-0.15, -0.1) is 0 Å². The van der Waals surface area contributed by atoms with Gasteiger partial charge in [0.2, 0.25) is 0 Å². The van der Waals surface area contributed by atoms with E-state index in [1.165, 1.54) is 0 Å². The molecule has 0 bridgehead atoms. The molecule has 26 heavy (non-hydrogen) atoms. The van der Waals surface area contributed by atoms with Crippen molar-refractivity contribution in [2.75, 3.05) is 13.2 Å². The maximum absolute atomic E-state index is 11.7. The summed E-state index contributed by atoms with van der Waals surface area (Å²) in [6.45, 7) is 2.50. The number of benzene rings is 2. The van der Waals surface area contributed by atoms with Crippen molar-refractivity contribution in [1.29, 1.82) is 0 Å². The van der Waals surface area contributed by atoms with Crippen molar-refractivity contribution in [3.8, 4) is 5.75 Å². The van der Waals surface area contributed by atoms with Gasteiger partial charge < -0.3 is 14.8 Å². The number of amides is 1. The van der Waals surface area contributed by atoms with E-state index in [-0.39, 0.29) is 18.9 Å². The highest BCUT2D eigenvalue weighted by molar-refractivity contribution is 6.30. The van der Waals surface area contributed by atoms with E-state index in [1.807, 2.05) is 43.3 Å². The monoisotopic (exact) mass is 375 g/mol. The van der Waals surface area contributed by atoms with Gasteiger partial charge in [-0.05, 0) is 43.2 Å². The van der Waals surface area contributed by atoms with E-state index in [9.17, 15) is 9.59 Å². The molecule has 1 N–H and O–H groups in total. The lowest BCUT2D eigenvalue weighted by atomic mass is 10.2. The fraction of sp³-hybridized carbons (Fsp3) is 0.300. The molecule has 0 aliphatic carbocycles. The highest BCUT2D eigenvalue weighted by Crippen LogP contribution is 2.12. The molecule has 0 heterocycles. The Balaban J connectivity index is 1.55. The second kappa shape index (κ2) is 10.5. The number of rotatable bonds is 9. The van der Waals surface area contributed by atoms with Crippen LogP contribution in [-0.4, -0.2) is 25.1 Å². The van der Waals surface area contributed by atoms with E-state index in [1.54, 1.807) is 12.1 Å². The summed E-state index contributed by atoms with van der Waals surface area (Å²) in [5.41, 5.74) is 2.08. The van der Waals surface area contributed by atoms with Crippen LogP contribution in [0.25, 0.3) is 0 Å². The van der Waals surface area contributed by atoms with E-state index in [0.717, 1.165) is 16.9 Å². The predicted molar refractivity (Wildman–Crippen MR) is 100 cm³/mol. The lowest BCUT2D eigenvalue weighted by molar-refractivity contribution is -0.148. The van der Waals surface area contributed by atoms with Gasteiger partial charge in [-0.3, -0.25) is 9.59 Å². The van der Waals surface area contributed by atoms with Gasteiger partial charge in [0, 0.05) is 18.0 Å². The average molecular weight is 376 g/mol. The van der Waals surface area contributed by atoms with Crippen LogP contribution in [-0.2, 0) is 20.9 Å². The van der Waals surface area contributed by atoms with Crippen molar-refractivity contribution in [3.05, 3.63) is 64.7 Å². The number of halogens is 1. The minimum atomic E-state index is -0.417. The molecule has 2 aromatic carbocycles. The molecule has 0 unspecified atom stereocenters. The molecule has 0 radical (unpaired) electrons. The zero-order chi connectivity index (χ0) is 18.8. The molecule has 0 spiro atoms. The molecule has 138 valence electrons. The van der Waals surface area contributed by atoms with Gasteiger partial charge in [0.05, 0.1) is 6.61 Å². The number of hydrogen-bond donors (Lipinski definition) is 1. The van der Waals surface area contributed by atoms with Crippen LogP contribution in [0.5, 0.6) is 5.75 Å². The fourth-order valence-electron chi connectivity index (χ4n) is 2.11. The molecule has 2 aromatic rings. The SMILES string of the molecule is Cc1ccc(OCCCC(=O)OCC(=O)NCc2ccc(Cl)cc2)cc1. The molecule has 6 heteroatoms. The van der Waals surface area contributed by atoms with E-state index < -0.39 is 5.97 Å². The molecule has 0 saturated carbocycles. The molecule has 0 saturated heterocycles. The first kappa shape index (κ1) is 19.8. The first-order valence-electron chi connectivity index (χ1n) is 8.39. The van der Waals surface area contributed by atoms with Crippen LogP contribution in [0.3, 0.4) is 0 Å². The lowest BCUT2D eigenvalue weighted by Crippen LogP contribution is -2.28. The van der Waals surface area contributed by atoms with E-state index in [0.29, 0.717) is 24.6 Å². The maximum Gasteiger partial charge on any atom is 0.306 e. The third-order valence-corrected chi connectivity index (χ3v) is 3.83. The summed E-state index contributed by atoms with van der Waals surface area (Å²) in [4.78, 5) is 23.3. The van der Waals surface area contributed by atoms with Crippen molar-refractivity contribution in [2.24, 2.45) is 0 Å². The number of ether oxygens (including phenoxy) is 2. The number of nitrogens with one attached hydrogen (secondary N) is 1. The summed E-state index contributed by atoms with van der Waals surface area (Å²) in [6.07, 6.45) is 0.732. The van der Waals surface area contributed by atoms with Crippen LogP contribution in [0.1, 0.15) is 24.0 Å². The minimum absolute atomic E-state index is 0.205. The Bertz CT molecular complexity index is 714. The van der Waals surface area contributed by atoms with E-state index >= 15 is 0 Å². The van der Waals surface area contributed by atoms with E-state index in [2.05, 4.69) is 5.32 Å². The number of aryl methyl sites for hydroxylation is 1. The molecule has 2 rings (SSSR count). The van der Waals surface area contributed by atoms with Gasteiger partial charge in [-0.2, -0.15) is 0 Å². The number of esters is 1. The number of carbonyl (C=O) groups excluding carboxylic acids is 2. The normalized spacial score (nSPS) is 10.2. The zero-order valence-electron chi connectivity index (χ0n) is 14.7. The van der Waals surface area contributed by atoms with Gasteiger partial charge in [0.15, 0.2) is 6.61 Å². The topological polar surface area (TPSA) is 64.6 Å². The van der Waals surface area contributed by atoms with Crippen LogP contribution < -0.4 is 10.1 Å². The largest absolute Gasteiger partial charge is 0.494 e. The van der Waals surface area contributed by atoms with Crippen molar-refractivity contribution >= 4 is 23.5 Å². The molecular formula is C20H22ClNO4. The molecule has 0 atom stereocenters. The van der Waals surface area contributed by atoms with Crippen molar-refractivity contribution < 1.29 is 19.1 Å². The summed E-state index contributed by atoms with van der Waals surface area (Å²) >= 11 is 5.80. The molecule has 5 nitrogen and oxygen atoms in total. The van der Waals surface area contributed by atoms with Gasteiger partial charge in [-0.25, -0.2) is 0 Å². The Hall–Kier alpha value is -2.53. The predicted octanol–water partition coefficient (Wildman–Crippen LogP) is 3.67. The lowest BCUT2D eigenvalue weighted by Gasteiger charge is -2.08. The van der Waals surface area contributed by atoms with Crippen LogP contribution in [0, 0.1) is 6.92 Å². The smallest absolute Gasteiger partial charge is 0.306 e. The quantitative estimate of drug-likeness (QED) is 0.536. The number of carbonyl (C=O) groups is 2. The molecule has 0 aromatic heterocycles. The van der Waals surface area contributed by atoms with Crippen molar-refractivity contribution in [1.82, 2.24) is 5.32 Å². The van der Waals surface area contributed by atoms with Crippen molar-refractivity contribution in [2.45, 2.75) is 26.3 Å². The second-order valence-corrected chi connectivity index (χ2v) is 6.27. The molecule has 0 fully saturated rings. The second-order valence-electron chi connectivity index (χ2n) is 5.83. The number of hydrogen-bond acceptors (Lipinski definition) is 4. The Labute approximate surface area is 158 Å². The Kier molecular flexibility index (Phi) is 7.96. The molecule has 0 aliphatic heterocycles. The van der Waals surface area contributed by atoms with E-state index in [4.69, 9.17) is 21.1 Å². The van der Waals surface area contributed by atoms with Gasteiger partial charge in [0.1, 0.15) is 5.75 Å². The van der Waals surface area contributed by atoms with Gasteiger partial charge in [-0.1, -0.05) is 41.4 Å².